The van der Waals surface area contributed by atoms with Gasteiger partial charge in [0, 0.05) is 12.1 Å². The van der Waals surface area contributed by atoms with Gasteiger partial charge in [-0.05, 0) is 56.8 Å². The summed E-state index contributed by atoms with van der Waals surface area (Å²) < 4.78 is 0. The molecule has 21 heavy (non-hydrogen) atoms. The van der Waals surface area contributed by atoms with Crippen LogP contribution in [0.2, 0.25) is 0 Å². The van der Waals surface area contributed by atoms with Gasteiger partial charge >= 0.3 is 0 Å². The summed E-state index contributed by atoms with van der Waals surface area (Å²) in [5.74, 6) is 2.47. The van der Waals surface area contributed by atoms with Crippen LogP contribution in [-0.2, 0) is 4.79 Å². The molecule has 3 nitrogen and oxygen atoms in total. The Morgan fingerprint density at radius 3 is 2.33 bits per heavy atom. The van der Waals surface area contributed by atoms with E-state index in [1.54, 1.807) is 0 Å². The Hall–Kier alpha value is -0.570. The Morgan fingerprint density at radius 2 is 1.67 bits per heavy atom. The van der Waals surface area contributed by atoms with E-state index >= 15 is 0 Å². The van der Waals surface area contributed by atoms with Crippen molar-refractivity contribution in [2.75, 3.05) is 0 Å². The lowest BCUT2D eigenvalue weighted by molar-refractivity contribution is -0.124. The fraction of sp³-hybridized carbons (Fsp3) is 0.944. The molecule has 2 saturated carbocycles. The maximum Gasteiger partial charge on any atom is 0.237 e. The summed E-state index contributed by atoms with van der Waals surface area (Å²) in [7, 11) is 0. The summed E-state index contributed by atoms with van der Waals surface area (Å²) in [5, 5.41) is 6.84. The second-order valence-corrected chi connectivity index (χ2v) is 7.73. The zero-order valence-electron chi connectivity index (χ0n) is 14.3. The highest BCUT2D eigenvalue weighted by Gasteiger charge is 2.30. The number of hydrogen-bond acceptors (Lipinski definition) is 2. The summed E-state index contributed by atoms with van der Waals surface area (Å²) in [5.41, 5.74) is 0. The van der Waals surface area contributed by atoms with Crippen LogP contribution in [0.3, 0.4) is 0 Å². The molecule has 2 fully saturated rings. The van der Waals surface area contributed by atoms with E-state index in [1.165, 1.54) is 32.1 Å². The first-order chi connectivity index (χ1) is 9.97. The van der Waals surface area contributed by atoms with E-state index in [9.17, 15) is 4.79 Å². The lowest BCUT2D eigenvalue weighted by Crippen LogP contribution is -2.52. The normalized spacial score (nSPS) is 38.8. The first kappa shape index (κ1) is 16.8. The zero-order valence-corrected chi connectivity index (χ0v) is 14.3. The molecule has 0 radical (unpaired) electrons. The van der Waals surface area contributed by atoms with Gasteiger partial charge in [-0.15, -0.1) is 0 Å². The Kier molecular flexibility index (Phi) is 6.09. The summed E-state index contributed by atoms with van der Waals surface area (Å²) in [6, 6.07) is 0.837. The minimum absolute atomic E-state index is 0.0675. The number of amides is 1. The van der Waals surface area contributed by atoms with Gasteiger partial charge in [0.25, 0.3) is 0 Å². The smallest absolute Gasteiger partial charge is 0.237 e. The van der Waals surface area contributed by atoms with Crippen LogP contribution in [0.1, 0.15) is 72.6 Å². The van der Waals surface area contributed by atoms with Crippen molar-refractivity contribution in [1.29, 1.82) is 0 Å². The van der Waals surface area contributed by atoms with Crippen LogP contribution in [0.4, 0.5) is 0 Å². The highest BCUT2D eigenvalue weighted by atomic mass is 16.2. The van der Waals surface area contributed by atoms with Crippen LogP contribution < -0.4 is 10.6 Å². The Morgan fingerprint density at radius 1 is 1.00 bits per heavy atom. The molecule has 2 aliphatic rings. The fourth-order valence-corrected chi connectivity index (χ4v) is 3.94. The molecule has 4 atom stereocenters. The molecule has 2 rings (SSSR count). The molecule has 122 valence electrons. The number of carbonyl (C=O) groups excluding carboxylic acids is 1. The van der Waals surface area contributed by atoms with Gasteiger partial charge in [-0.3, -0.25) is 4.79 Å². The molecule has 3 heteroatoms. The molecule has 0 bridgehead atoms. The maximum absolute atomic E-state index is 12.4. The quantitative estimate of drug-likeness (QED) is 0.833. The molecule has 0 aromatic rings. The molecule has 0 heterocycles. The van der Waals surface area contributed by atoms with E-state index in [4.69, 9.17) is 0 Å². The van der Waals surface area contributed by atoms with Gasteiger partial charge in [0.1, 0.15) is 0 Å². The fourth-order valence-electron chi connectivity index (χ4n) is 3.94. The predicted octanol–water partition coefficient (Wildman–Crippen LogP) is 3.48. The average molecular weight is 294 g/mol. The van der Waals surface area contributed by atoms with Crippen molar-refractivity contribution in [1.82, 2.24) is 10.6 Å². The number of nitrogens with one attached hydrogen (secondary N) is 2. The van der Waals surface area contributed by atoms with Crippen LogP contribution in [0, 0.1) is 17.8 Å². The van der Waals surface area contributed by atoms with Gasteiger partial charge < -0.3 is 10.6 Å². The molecule has 0 spiro atoms. The van der Waals surface area contributed by atoms with E-state index in [2.05, 4.69) is 31.4 Å². The second kappa shape index (κ2) is 7.62. The highest BCUT2D eigenvalue weighted by Crippen LogP contribution is 2.29. The molecular formula is C18H34N2O. The summed E-state index contributed by atoms with van der Waals surface area (Å²) >= 11 is 0. The van der Waals surface area contributed by atoms with Gasteiger partial charge in [-0.25, -0.2) is 0 Å². The summed E-state index contributed by atoms with van der Waals surface area (Å²) in [4.78, 5) is 12.4. The molecule has 0 aromatic heterocycles. The minimum atomic E-state index is -0.0675. The molecule has 2 aliphatic carbocycles. The van der Waals surface area contributed by atoms with Crippen molar-refractivity contribution in [3.63, 3.8) is 0 Å². The van der Waals surface area contributed by atoms with E-state index in [0.29, 0.717) is 18.0 Å². The van der Waals surface area contributed by atoms with Crippen molar-refractivity contribution in [3.05, 3.63) is 0 Å². The van der Waals surface area contributed by atoms with E-state index < -0.39 is 0 Å². The molecule has 0 saturated heterocycles. The SMILES string of the molecule is CC1CCC(NC(=O)C(C)NC2CCCC(C)C2C)CC1. The maximum atomic E-state index is 12.4. The van der Waals surface area contributed by atoms with Crippen LogP contribution in [0.5, 0.6) is 0 Å². The Bertz CT molecular complexity index is 336. The molecule has 1 amide bonds. The topological polar surface area (TPSA) is 41.1 Å². The van der Waals surface area contributed by atoms with Gasteiger partial charge in [0.15, 0.2) is 0 Å². The number of carbonyl (C=O) groups is 1. The molecule has 0 aromatic carbocycles. The third-order valence-corrected chi connectivity index (χ3v) is 5.93. The molecule has 0 aliphatic heterocycles. The average Bonchev–Trinajstić information content (AvgIpc) is 2.46. The van der Waals surface area contributed by atoms with Crippen LogP contribution in [-0.4, -0.2) is 24.0 Å². The van der Waals surface area contributed by atoms with Crippen molar-refractivity contribution < 1.29 is 4.79 Å². The monoisotopic (exact) mass is 294 g/mol. The number of hydrogen-bond donors (Lipinski definition) is 2. The first-order valence-electron chi connectivity index (χ1n) is 9.03. The van der Waals surface area contributed by atoms with Gasteiger partial charge in [-0.1, -0.05) is 33.6 Å². The second-order valence-electron chi connectivity index (χ2n) is 7.73. The number of rotatable bonds is 4. The third kappa shape index (κ3) is 4.70. The van der Waals surface area contributed by atoms with E-state index in [-0.39, 0.29) is 11.9 Å². The van der Waals surface area contributed by atoms with Gasteiger partial charge in [-0.2, -0.15) is 0 Å². The predicted molar refractivity (Wildman–Crippen MR) is 88.1 cm³/mol. The zero-order chi connectivity index (χ0) is 15.4. The van der Waals surface area contributed by atoms with Crippen LogP contribution in [0.15, 0.2) is 0 Å². The Balaban J connectivity index is 1.77. The summed E-state index contributed by atoms with van der Waals surface area (Å²) in [6.45, 7) is 9.00. The highest BCUT2D eigenvalue weighted by molar-refractivity contribution is 5.81. The molecule has 2 N–H and O–H groups in total. The van der Waals surface area contributed by atoms with E-state index in [0.717, 1.165) is 24.7 Å². The van der Waals surface area contributed by atoms with Gasteiger partial charge in [0.05, 0.1) is 6.04 Å². The summed E-state index contributed by atoms with van der Waals surface area (Å²) in [6.07, 6.45) is 8.64. The van der Waals surface area contributed by atoms with Crippen molar-refractivity contribution in [2.45, 2.75) is 90.8 Å². The van der Waals surface area contributed by atoms with Crippen molar-refractivity contribution in [3.8, 4) is 0 Å². The third-order valence-electron chi connectivity index (χ3n) is 5.93. The molecular weight excluding hydrogens is 260 g/mol. The lowest BCUT2D eigenvalue weighted by atomic mass is 9.78. The Labute approximate surface area is 130 Å². The minimum Gasteiger partial charge on any atom is -0.352 e. The van der Waals surface area contributed by atoms with Crippen LogP contribution in [0.25, 0.3) is 0 Å². The lowest BCUT2D eigenvalue weighted by Gasteiger charge is -2.36. The standard InChI is InChI=1S/C18H34N2O/c1-12-8-10-16(11-9-12)20-18(21)15(4)19-17-7-5-6-13(2)14(17)3/h12-17,19H,5-11H2,1-4H3,(H,20,21). The first-order valence-corrected chi connectivity index (χ1v) is 9.03. The largest absolute Gasteiger partial charge is 0.352 e. The van der Waals surface area contributed by atoms with Crippen molar-refractivity contribution in [2.24, 2.45) is 17.8 Å². The van der Waals surface area contributed by atoms with E-state index in [1.807, 2.05) is 6.92 Å². The van der Waals surface area contributed by atoms with Crippen molar-refractivity contribution >= 4 is 5.91 Å². The van der Waals surface area contributed by atoms with Gasteiger partial charge in [0.2, 0.25) is 5.91 Å². The van der Waals surface area contributed by atoms with Crippen LogP contribution >= 0.6 is 0 Å². The molecule has 4 unspecified atom stereocenters.